The lowest BCUT2D eigenvalue weighted by Crippen LogP contribution is -2.54. The molecule has 1 amide bonds. The van der Waals surface area contributed by atoms with E-state index in [-0.39, 0.29) is 18.2 Å². The maximum Gasteiger partial charge on any atom is 0.223 e. The molecule has 1 heterocycles. The van der Waals surface area contributed by atoms with Crippen molar-refractivity contribution in [1.29, 1.82) is 0 Å². The number of amides is 1. The van der Waals surface area contributed by atoms with Crippen LogP contribution in [0.4, 0.5) is 0 Å². The molecule has 2 fully saturated rings. The van der Waals surface area contributed by atoms with Gasteiger partial charge in [0.15, 0.2) is 0 Å². The van der Waals surface area contributed by atoms with Gasteiger partial charge in [-0.2, -0.15) is 0 Å². The van der Waals surface area contributed by atoms with Crippen LogP contribution in [-0.4, -0.2) is 48.8 Å². The summed E-state index contributed by atoms with van der Waals surface area (Å²) < 4.78 is 11.6. The number of fused-ring (bicyclic) bond motifs is 1. The van der Waals surface area contributed by atoms with E-state index in [4.69, 9.17) is 9.47 Å². The summed E-state index contributed by atoms with van der Waals surface area (Å²) in [5.41, 5.74) is 0. The van der Waals surface area contributed by atoms with Gasteiger partial charge in [0, 0.05) is 19.6 Å². The molecule has 4 nitrogen and oxygen atoms in total. The lowest BCUT2D eigenvalue weighted by Gasteiger charge is -2.39. The third-order valence-electron chi connectivity index (χ3n) is 4.79. The maximum absolute atomic E-state index is 12.6. The average Bonchev–Trinajstić information content (AvgIpc) is 3.09. The molecule has 0 radical (unpaired) electrons. The molecule has 3 rings (SSSR count). The first-order valence-electron chi connectivity index (χ1n) is 7.99. The first-order chi connectivity index (χ1) is 9.79. The molecule has 4 heteroatoms. The zero-order valence-corrected chi connectivity index (χ0v) is 12.3. The number of rotatable bonds is 4. The minimum absolute atomic E-state index is 0.0896. The largest absolute Gasteiger partial charge is 0.376 e. The standard InChI is InChI=1S/C16H25NO3/c1-2-19-14-8-7-13-16(14)20-10-9-17(13)15(18)11-12-5-3-4-6-12/h3,5,12-14,16H,2,4,6-11H2,1H3/t12-,13-,14+,16+/m0/s1. The second kappa shape index (κ2) is 6.27. The lowest BCUT2D eigenvalue weighted by molar-refractivity contribution is -0.151. The minimum Gasteiger partial charge on any atom is -0.376 e. The fourth-order valence-corrected chi connectivity index (χ4v) is 3.82. The molecule has 20 heavy (non-hydrogen) atoms. The molecule has 2 aliphatic carbocycles. The van der Waals surface area contributed by atoms with Gasteiger partial charge in [0.1, 0.15) is 6.10 Å². The van der Waals surface area contributed by atoms with Gasteiger partial charge in [-0.25, -0.2) is 0 Å². The van der Waals surface area contributed by atoms with Crippen molar-refractivity contribution in [1.82, 2.24) is 4.90 Å². The number of carbonyl (C=O) groups excluding carboxylic acids is 1. The summed E-state index contributed by atoms with van der Waals surface area (Å²) in [6.07, 6.45) is 9.61. The Kier molecular flexibility index (Phi) is 4.41. The van der Waals surface area contributed by atoms with Gasteiger partial charge in [0.05, 0.1) is 18.8 Å². The van der Waals surface area contributed by atoms with Crippen LogP contribution in [0, 0.1) is 5.92 Å². The Bertz CT molecular complexity index is 382. The van der Waals surface area contributed by atoms with Crippen LogP contribution in [0.5, 0.6) is 0 Å². The fraction of sp³-hybridized carbons (Fsp3) is 0.812. The van der Waals surface area contributed by atoms with Crippen molar-refractivity contribution < 1.29 is 14.3 Å². The zero-order valence-electron chi connectivity index (χ0n) is 12.3. The maximum atomic E-state index is 12.6. The number of morpholine rings is 1. The normalized spacial score (nSPS) is 36.4. The van der Waals surface area contributed by atoms with Gasteiger partial charge < -0.3 is 14.4 Å². The van der Waals surface area contributed by atoms with E-state index in [1.807, 2.05) is 6.92 Å². The van der Waals surface area contributed by atoms with Crippen molar-refractivity contribution in [2.45, 2.75) is 57.3 Å². The first kappa shape index (κ1) is 14.1. The highest BCUT2D eigenvalue weighted by molar-refractivity contribution is 5.77. The van der Waals surface area contributed by atoms with Crippen molar-refractivity contribution in [2.24, 2.45) is 5.92 Å². The summed E-state index contributed by atoms with van der Waals surface area (Å²) in [6.45, 7) is 4.13. The summed E-state index contributed by atoms with van der Waals surface area (Å²) in [5.74, 6) is 0.755. The fourth-order valence-electron chi connectivity index (χ4n) is 3.82. The lowest BCUT2D eigenvalue weighted by atomic mass is 10.0. The molecule has 3 aliphatic rings. The number of hydrogen-bond donors (Lipinski definition) is 0. The average molecular weight is 279 g/mol. The molecular weight excluding hydrogens is 254 g/mol. The quantitative estimate of drug-likeness (QED) is 0.740. The third kappa shape index (κ3) is 2.77. The monoisotopic (exact) mass is 279 g/mol. The summed E-state index contributed by atoms with van der Waals surface area (Å²) in [4.78, 5) is 14.6. The SMILES string of the molecule is CCO[C@@H]1CC[C@H]2[C@H]1OCCN2C(=O)C[C@H]1C=CCC1. The van der Waals surface area contributed by atoms with Gasteiger partial charge in [-0.3, -0.25) is 4.79 Å². The van der Waals surface area contributed by atoms with Gasteiger partial charge >= 0.3 is 0 Å². The minimum atomic E-state index is 0.0896. The molecule has 112 valence electrons. The molecule has 0 N–H and O–H groups in total. The van der Waals surface area contributed by atoms with Gasteiger partial charge in [-0.15, -0.1) is 0 Å². The Morgan fingerprint density at radius 3 is 3.05 bits per heavy atom. The molecule has 1 saturated heterocycles. The van der Waals surface area contributed by atoms with Crippen LogP contribution < -0.4 is 0 Å². The number of ether oxygens (including phenoxy) is 2. The van der Waals surface area contributed by atoms with Crippen LogP contribution >= 0.6 is 0 Å². The third-order valence-corrected chi connectivity index (χ3v) is 4.79. The molecule has 0 aromatic heterocycles. The molecular formula is C16H25NO3. The first-order valence-corrected chi connectivity index (χ1v) is 7.99. The predicted molar refractivity (Wildman–Crippen MR) is 76.4 cm³/mol. The molecule has 1 saturated carbocycles. The van der Waals surface area contributed by atoms with E-state index in [2.05, 4.69) is 17.1 Å². The van der Waals surface area contributed by atoms with Gasteiger partial charge in [0.2, 0.25) is 5.91 Å². The Hall–Kier alpha value is -0.870. The molecule has 4 atom stereocenters. The van der Waals surface area contributed by atoms with E-state index in [9.17, 15) is 4.79 Å². The van der Waals surface area contributed by atoms with E-state index in [1.165, 1.54) is 0 Å². The summed E-state index contributed by atoms with van der Waals surface area (Å²) in [6, 6.07) is 0.234. The highest BCUT2D eigenvalue weighted by Crippen LogP contribution is 2.33. The molecule has 0 spiro atoms. The molecule has 0 bridgehead atoms. The Morgan fingerprint density at radius 1 is 1.40 bits per heavy atom. The van der Waals surface area contributed by atoms with E-state index >= 15 is 0 Å². The van der Waals surface area contributed by atoms with Crippen molar-refractivity contribution >= 4 is 5.91 Å². The number of carbonyl (C=O) groups is 1. The van der Waals surface area contributed by atoms with E-state index < -0.39 is 0 Å². The topological polar surface area (TPSA) is 38.8 Å². The summed E-state index contributed by atoms with van der Waals surface area (Å²) in [5, 5.41) is 0. The highest BCUT2D eigenvalue weighted by Gasteiger charge is 2.44. The van der Waals surface area contributed by atoms with Crippen molar-refractivity contribution in [3.8, 4) is 0 Å². The van der Waals surface area contributed by atoms with Gasteiger partial charge in [-0.05, 0) is 38.5 Å². The number of hydrogen-bond acceptors (Lipinski definition) is 3. The molecule has 0 aromatic rings. The van der Waals surface area contributed by atoms with Crippen LogP contribution in [0.1, 0.15) is 39.0 Å². The van der Waals surface area contributed by atoms with Crippen LogP contribution in [0.15, 0.2) is 12.2 Å². The van der Waals surface area contributed by atoms with Crippen LogP contribution in [0.25, 0.3) is 0 Å². The zero-order chi connectivity index (χ0) is 13.9. The second-order valence-corrected chi connectivity index (χ2v) is 6.03. The van der Waals surface area contributed by atoms with Crippen LogP contribution in [0.3, 0.4) is 0 Å². The van der Waals surface area contributed by atoms with Crippen LogP contribution in [-0.2, 0) is 14.3 Å². The highest BCUT2D eigenvalue weighted by atomic mass is 16.5. The summed E-state index contributed by atoms with van der Waals surface area (Å²) in [7, 11) is 0. The smallest absolute Gasteiger partial charge is 0.223 e. The Labute approximate surface area is 121 Å². The van der Waals surface area contributed by atoms with Crippen molar-refractivity contribution in [2.75, 3.05) is 19.8 Å². The van der Waals surface area contributed by atoms with Crippen LogP contribution in [0.2, 0.25) is 0 Å². The van der Waals surface area contributed by atoms with Crippen molar-refractivity contribution in [3.63, 3.8) is 0 Å². The van der Waals surface area contributed by atoms with E-state index in [0.29, 0.717) is 24.9 Å². The molecule has 0 unspecified atom stereocenters. The molecule has 0 aromatic carbocycles. The predicted octanol–water partition coefficient (Wildman–Crippen LogP) is 2.14. The Balaban J connectivity index is 1.61. The van der Waals surface area contributed by atoms with Gasteiger partial charge in [-0.1, -0.05) is 12.2 Å². The second-order valence-electron chi connectivity index (χ2n) is 6.03. The number of allylic oxidation sites excluding steroid dienone is 2. The molecule has 1 aliphatic heterocycles. The Morgan fingerprint density at radius 2 is 2.30 bits per heavy atom. The van der Waals surface area contributed by atoms with Crippen molar-refractivity contribution in [3.05, 3.63) is 12.2 Å². The van der Waals surface area contributed by atoms with E-state index in [1.54, 1.807) is 0 Å². The number of nitrogens with zero attached hydrogens (tertiary/aromatic N) is 1. The van der Waals surface area contributed by atoms with E-state index in [0.717, 1.165) is 38.8 Å². The summed E-state index contributed by atoms with van der Waals surface area (Å²) >= 11 is 0. The van der Waals surface area contributed by atoms with Gasteiger partial charge in [0.25, 0.3) is 0 Å².